The number of anilines is 1. The van der Waals surface area contributed by atoms with Crippen LogP contribution in [0.15, 0.2) is 114 Å². The van der Waals surface area contributed by atoms with Gasteiger partial charge in [0.15, 0.2) is 6.61 Å². The van der Waals surface area contributed by atoms with E-state index in [0.29, 0.717) is 27.8 Å². The molecule has 0 atom stereocenters. The molecule has 0 bridgehead atoms. The van der Waals surface area contributed by atoms with Crippen molar-refractivity contribution in [2.75, 3.05) is 11.9 Å². The summed E-state index contributed by atoms with van der Waals surface area (Å²) >= 11 is 3.48. The molecule has 0 aliphatic carbocycles. The Bertz CT molecular complexity index is 1570. The van der Waals surface area contributed by atoms with Gasteiger partial charge in [-0.15, -0.1) is 0 Å². The summed E-state index contributed by atoms with van der Waals surface area (Å²) in [6.07, 6.45) is 0. The summed E-state index contributed by atoms with van der Waals surface area (Å²) in [7, 11) is 0. The van der Waals surface area contributed by atoms with Gasteiger partial charge >= 0.3 is 5.97 Å². The Balaban J connectivity index is 1.36. The van der Waals surface area contributed by atoms with E-state index in [9.17, 15) is 9.59 Å². The number of nitrogens with one attached hydrogen (secondary N) is 1. The number of ether oxygens (including phenoxy) is 1. The Morgan fingerprint density at radius 1 is 0.778 bits per heavy atom. The lowest BCUT2D eigenvalue weighted by molar-refractivity contribution is -0.119. The topological polar surface area (TPSA) is 68.3 Å². The van der Waals surface area contributed by atoms with Crippen LogP contribution in [0.3, 0.4) is 0 Å². The fraction of sp³-hybridized carbons (Fsp3) is 0.0333. The van der Waals surface area contributed by atoms with Crippen molar-refractivity contribution >= 4 is 44.4 Å². The number of fused-ring (bicyclic) bond motifs is 1. The largest absolute Gasteiger partial charge is 0.452 e. The molecular formula is C30H21BrN2O3. The number of amides is 1. The monoisotopic (exact) mass is 536 g/mol. The maximum atomic E-state index is 13.1. The van der Waals surface area contributed by atoms with Gasteiger partial charge < -0.3 is 10.1 Å². The van der Waals surface area contributed by atoms with Crippen molar-refractivity contribution in [3.63, 3.8) is 0 Å². The summed E-state index contributed by atoms with van der Waals surface area (Å²) in [5.41, 5.74) is 5.04. The van der Waals surface area contributed by atoms with E-state index in [1.807, 2.05) is 103 Å². The van der Waals surface area contributed by atoms with Crippen LogP contribution in [0.2, 0.25) is 0 Å². The smallest absolute Gasteiger partial charge is 0.339 e. The second kappa shape index (κ2) is 10.5. The van der Waals surface area contributed by atoms with Crippen molar-refractivity contribution in [3.8, 4) is 22.4 Å². The summed E-state index contributed by atoms with van der Waals surface area (Å²) in [4.78, 5) is 30.5. The minimum atomic E-state index is -0.587. The zero-order chi connectivity index (χ0) is 24.9. The third-order valence-corrected chi connectivity index (χ3v) is 6.17. The predicted molar refractivity (Wildman–Crippen MR) is 146 cm³/mol. The van der Waals surface area contributed by atoms with Crippen molar-refractivity contribution in [2.24, 2.45) is 0 Å². The van der Waals surface area contributed by atoms with E-state index in [2.05, 4.69) is 21.2 Å². The molecule has 0 spiro atoms. The number of pyridine rings is 1. The first-order chi connectivity index (χ1) is 17.6. The van der Waals surface area contributed by atoms with Crippen molar-refractivity contribution in [3.05, 3.63) is 119 Å². The highest BCUT2D eigenvalue weighted by Crippen LogP contribution is 2.29. The Labute approximate surface area is 216 Å². The average Bonchev–Trinajstić information content (AvgIpc) is 2.92. The number of nitrogens with zero attached hydrogens (tertiary/aromatic N) is 1. The molecule has 5 nitrogen and oxygen atoms in total. The molecule has 0 aliphatic heterocycles. The van der Waals surface area contributed by atoms with Gasteiger partial charge in [0.05, 0.1) is 16.8 Å². The number of hydrogen-bond acceptors (Lipinski definition) is 4. The zero-order valence-corrected chi connectivity index (χ0v) is 20.7. The molecule has 6 heteroatoms. The third-order valence-electron chi connectivity index (χ3n) is 5.68. The standard InChI is InChI=1S/C30H21BrN2O3/c31-22-12-8-11-21(17-22)28-18-25(24-14-5-7-16-27(24)32-28)30(35)36-19-29(34)33-26-15-6-4-13-23(26)20-9-2-1-3-10-20/h1-18H,19H2,(H,33,34). The molecular weight excluding hydrogens is 516 g/mol. The summed E-state index contributed by atoms with van der Waals surface area (Å²) in [6, 6.07) is 34.1. The Morgan fingerprint density at radius 2 is 1.50 bits per heavy atom. The van der Waals surface area contributed by atoms with Crippen LogP contribution in [0.5, 0.6) is 0 Å². The highest BCUT2D eigenvalue weighted by molar-refractivity contribution is 9.10. The first-order valence-electron chi connectivity index (χ1n) is 11.4. The molecule has 0 radical (unpaired) electrons. The Kier molecular flexibility index (Phi) is 6.87. The molecule has 0 aliphatic rings. The van der Waals surface area contributed by atoms with E-state index >= 15 is 0 Å². The van der Waals surface area contributed by atoms with E-state index < -0.39 is 18.5 Å². The van der Waals surface area contributed by atoms with Crippen LogP contribution in [-0.4, -0.2) is 23.5 Å². The van der Waals surface area contributed by atoms with Crippen LogP contribution < -0.4 is 5.32 Å². The lowest BCUT2D eigenvalue weighted by atomic mass is 10.0. The minimum absolute atomic E-state index is 0.355. The normalized spacial score (nSPS) is 10.7. The SMILES string of the molecule is O=C(COC(=O)c1cc(-c2cccc(Br)c2)nc2ccccc12)Nc1ccccc1-c1ccccc1. The second-order valence-electron chi connectivity index (χ2n) is 8.12. The molecule has 1 aromatic heterocycles. The zero-order valence-electron chi connectivity index (χ0n) is 19.1. The summed E-state index contributed by atoms with van der Waals surface area (Å²) in [5.74, 6) is -1.01. The van der Waals surface area contributed by atoms with Crippen LogP contribution in [0, 0.1) is 0 Å². The first kappa shape index (κ1) is 23.5. The van der Waals surface area contributed by atoms with Crippen LogP contribution in [0.1, 0.15) is 10.4 Å². The van der Waals surface area contributed by atoms with Gasteiger partial charge in [0, 0.05) is 26.7 Å². The maximum Gasteiger partial charge on any atom is 0.339 e. The number of aromatic nitrogens is 1. The van der Waals surface area contributed by atoms with Gasteiger partial charge in [0.25, 0.3) is 5.91 Å². The molecule has 4 aromatic carbocycles. The molecule has 5 rings (SSSR count). The Morgan fingerprint density at radius 3 is 2.33 bits per heavy atom. The number of hydrogen-bond donors (Lipinski definition) is 1. The highest BCUT2D eigenvalue weighted by atomic mass is 79.9. The van der Waals surface area contributed by atoms with E-state index in [-0.39, 0.29) is 0 Å². The summed E-state index contributed by atoms with van der Waals surface area (Å²) < 4.78 is 6.35. The predicted octanol–water partition coefficient (Wildman–Crippen LogP) is 7.13. The fourth-order valence-electron chi connectivity index (χ4n) is 4.00. The minimum Gasteiger partial charge on any atom is -0.452 e. The van der Waals surface area contributed by atoms with E-state index in [1.54, 1.807) is 6.07 Å². The number of halogens is 1. The van der Waals surface area contributed by atoms with Crippen molar-refractivity contribution in [2.45, 2.75) is 0 Å². The van der Waals surface area contributed by atoms with Crippen LogP contribution in [0.4, 0.5) is 5.69 Å². The lowest BCUT2D eigenvalue weighted by Gasteiger charge is -2.12. The molecule has 5 aromatic rings. The molecule has 36 heavy (non-hydrogen) atoms. The lowest BCUT2D eigenvalue weighted by Crippen LogP contribution is -2.21. The van der Waals surface area contributed by atoms with Crippen molar-refractivity contribution < 1.29 is 14.3 Å². The molecule has 1 N–H and O–H groups in total. The number of para-hydroxylation sites is 2. The first-order valence-corrected chi connectivity index (χ1v) is 12.1. The van der Waals surface area contributed by atoms with Gasteiger partial charge in [-0.2, -0.15) is 0 Å². The van der Waals surface area contributed by atoms with Gasteiger partial charge in [0.1, 0.15) is 0 Å². The molecule has 0 fully saturated rings. The molecule has 176 valence electrons. The van der Waals surface area contributed by atoms with E-state index in [0.717, 1.165) is 21.2 Å². The summed E-state index contributed by atoms with van der Waals surface area (Å²) in [5, 5.41) is 3.53. The fourth-order valence-corrected chi connectivity index (χ4v) is 4.40. The van der Waals surface area contributed by atoms with E-state index in [4.69, 9.17) is 9.72 Å². The van der Waals surface area contributed by atoms with Crippen LogP contribution >= 0.6 is 15.9 Å². The summed E-state index contributed by atoms with van der Waals surface area (Å²) in [6.45, 7) is -0.412. The van der Waals surface area contributed by atoms with Crippen LogP contribution in [-0.2, 0) is 9.53 Å². The number of carbonyl (C=O) groups excluding carboxylic acids is 2. The molecule has 0 unspecified atom stereocenters. The van der Waals surface area contributed by atoms with Gasteiger partial charge in [0.2, 0.25) is 0 Å². The number of esters is 1. The van der Waals surface area contributed by atoms with Gasteiger partial charge in [-0.1, -0.05) is 94.8 Å². The molecule has 1 heterocycles. The highest BCUT2D eigenvalue weighted by Gasteiger charge is 2.17. The third kappa shape index (κ3) is 5.19. The van der Waals surface area contributed by atoms with Crippen molar-refractivity contribution in [1.82, 2.24) is 4.98 Å². The quantitative estimate of drug-likeness (QED) is 0.234. The van der Waals surface area contributed by atoms with Gasteiger partial charge in [-0.05, 0) is 35.9 Å². The molecule has 0 saturated carbocycles. The van der Waals surface area contributed by atoms with Crippen LogP contribution in [0.25, 0.3) is 33.3 Å². The maximum absolute atomic E-state index is 13.1. The Hall–Kier alpha value is -4.29. The van der Waals surface area contributed by atoms with Crippen molar-refractivity contribution in [1.29, 1.82) is 0 Å². The number of benzene rings is 4. The molecule has 1 amide bonds. The molecule has 0 saturated heterocycles. The number of carbonyl (C=O) groups is 2. The average molecular weight is 537 g/mol. The van der Waals surface area contributed by atoms with Gasteiger partial charge in [-0.25, -0.2) is 9.78 Å². The second-order valence-corrected chi connectivity index (χ2v) is 9.03. The number of rotatable bonds is 6. The van der Waals surface area contributed by atoms with Gasteiger partial charge in [-0.3, -0.25) is 4.79 Å². The van der Waals surface area contributed by atoms with E-state index in [1.165, 1.54) is 0 Å².